The number of fused-ring (bicyclic) bond motifs is 1. The van der Waals surface area contributed by atoms with Crippen LogP contribution in [0.1, 0.15) is 56.1 Å². The van der Waals surface area contributed by atoms with Gasteiger partial charge in [-0.25, -0.2) is 0 Å². The maximum Gasteiger partial charge on any atom is 0.243 e. The van der Waals surface area contributed by atoms with Crippen LogP contribution in [0.5, 0.6) is 0 Å². The van der Waals surface area contributed by atoms with E-state index in [1.54, 1.807) is 11.8 Å². The number of alkyl halides is 1. The van der Waals surface area contributed by atoms with Gasteiger partial charge in [0.15, 0.2) is 0 Å². The minimum Gasteiger partial charge on any atom is -0.384 e. The van der Waals surface area contributed by atoms with Gasteiger partial charge >= 0.3 is 0 Å². The number of amides is 1. The highest BCUT2D eigenvalue weighted by atomic mass is 35.5. The Kier molecular flexibility index (Phi) is 7.27. The Hall–Kier alpha value is -1.52. The molecule has 1 amide bonds. The van der Waals surface area contributed by atoms with Crippen LogP contribution in [0, 0.1) is 5.41 Å². The number of hydrogen-bond acceptors (Lipinski definition) is 7. The number of amidine groups is 1. The third-order valence-electron chi connectivity index (χ3n) is 7.65. The summed E-state index contributed by atoms with van der Waals surface area (Å²) in [6.45, 7) is 0.653. The molecular formula is C24H35ClN6O2S. The van der Waals surface area contributed by atoms with Crippen LogP contribution in [0.15, 0.2) is 18.2 Å². The summed E-state index contributed by atoms with van der Waals surface area (Å²) in [7, 11) is 0. The molecule has 8 nitrogen and oxygen atoms in total. The molecule has 5 atom stereocenters. The highest BCUT2D eigenvalue weighted by Crippen LogP contribution is 2.41. The van der Waals surface area contributed by atoms with Crippen LogP contribution >= 0.6 is 23.4 Å². The van der Waals surface area contributed by atoms with Gasteiger partial charge in [-0.2, -0.15) is 5.48 Å². The van der Waals surface area contributed by atoms with Crippen LogP contribution in [0.2, 0.25) is 0 Å². The molecule has 10 heteroatoms. The summed E-state index contributed by atoms with van der Waals surface area (Å²) in [5.74, 6) is 0.0957. The molecule has 4 aliphatic rings. The van der Waals surface area contributed by atoms with Crippen molar-refractivity contribution in [3.05, 3.63) is 29.3 Å². The monoisotopic (exact) mass is 506 g/mol. The molecule has 1 aliphatic carbocycles. The van der Waals surface area contributed by atoms with Crippen molar-refractivity contribution in [2.24, 2.45) is 11.5 Å². The Morgan fingerprint density at radius 3 is 2.76 bits per heavy atom. The number of rotatable bonds is 6. The predicted octanol–water partition coefficient (Wildman–Crippen LogP) is 2.21. The van der Waals surface area contributed by atoms with Crippen LogP contribution in [0.4, 0.5) is 5.69 Å². The number of thioether (sulfide) groups is 1. The largest absolute Gasteiger partial charge is 0.384 e. The topological polar surface area (TPSA) is 129 Å². The van der Waals surface area contributed by atoms with Crippen LogP contribution < -0.4 is 27.2 Å². The third kappa shape index (κ3) is 5.18. The van der Waals surface area contributed by atoms with E-state index in [1.807, 2.05) is 18.2 Å². The predicted molar refractivity (Wildman–Crippen MR) is 137 cm³/mol. The molecule has 186 valence electrons. The Labute approximate surface area is 210 Å². The van der Waals surface area contributed by atoms with E-state index in [0.29, 0.717) is 23.8 Å². The minimum absolute atomic E-state index is 0.0328. The molecule has 5 rings (SSSR count). The van der Waals surface area contributed by atoms with Gasteiger partial charge in [0.1, 0.15) is 11.9 Å². The summed E-state index contributed by atoms with van der Waals surface area (Å²) in [5, 5.41) is 11.6. The van der Waals surface area contributed by atoms with Crippen molar-refractivity contribution < 1.29 is 9.63 Å². The van der Waals surface area contributed by atoms with E-state index in [2.05, 4.69) is 15.7 Å². The zero-order chi connectivity index (χ0) is 23.8. The van der Waals surface area contributed by atoms with E-state index >= 15 is 0 Å². The molecule has 3 fully saturated rings. The van der Waals surface area contributed by atoms with Crippen LogP contribution in [-0.2, 0) is 16.1 Å². The smallest absolute Gasteiger partial charge is 0.243 e. The van der Waals surface area contributed by atoms with Crippen molar-refractivity contribution in [3.63, 3.8) is 0 Å². The van der Waals surface area contributed by atoms with Gasteiger partial charge in [-0.15, -0.1) is 23.4 Å². The van der Waals surface area contributed by atoms with E-state index in [1.165, 1.54) is 0 Å². The van der Waals surface area contributed by atoms with E-state index < -0.39 is 0 Å². The van der Waals surface area contributed by atoms with Crippen LogP contribution in [0.3, 0.4) is 0 Å². The molecule has 1 aromatic carbocycles. The highest BCUT2D eigenvalue weighted by molar-refractivity contribution is 8.01. The van der Waals surface area contributed by atoms with Gasteiger partial charge < -0.3 is 21.7 Å². The lowest BCUT2D eigenvalue weighted by molar-refractivity contribution is -0.123. The lowest BCUT2D eigenvalue weighted by Crippen LogP contribution is -2.52. The first kappa shape index (κ1) is 24.2. The maximum absolute atomic E-state index is 13.5. The molecule has 3 aliphatic heterocycles. The van der Waals surface area contributed by atoms with Crippen molar-refractivity contribution in [2.45, 2.75) is 91.6 Å². The second kappa shape index (κ2) is 10.2. The standard InChI is InChI=1S/C24H35ClN6O2S/c25-22-8-7-21(34-22)20-11-17(30-33-20)12-31-18-10-14(23(27)28)2-1-13(18)9-19(31)24(32)29-16-5-3-15(26)4-6-16/h1-2,10,15-17,19-22,30H,3-9,11-12,26H2,(H3,27,28)(H,29,32). The van der Waals surface area contributed by atoms with Gasteiger partial charge in [-0.1, -0.05) is 12.1 Å². The number of carbonyl (C=O) groups is 1. The number of benzene rings is 1. The van der Waals surface area contributed by atoms with Gasteiger partial charge in [0, 0.05) is 41.6 Å². The van der Waals surface area contributed by atoms with Crippen molar-refractivity contribution in [2.75, 3.05) is 11.4 Å². The first-order chi connectivity index (χ1) is 16.4. The number of anilines is 1. The number of nitrogen functional groups attached to an aromatic ring is 1. The summed E-state index contributed by atoms with van der Waals surface area (Å²) in [4.78, 5) is 21.6. The van der Waals surface area contributed by atoms with E-state index in [-0.39, 0.29) is 46.7 Å². The summed E-state index contributed by atoms with van der Waals surface area (Å²) >= 11 is 8.10. The molecule has 0 aromatic heterocycles. The van der Waals surface area contributed by atoms with Crippen LogP contribution in [0.25, 0.3) is 0 Å². The van der Waals surface area contributed by atoms with Gasteiger partial charge in [0.05, 0.1) is 16.9 Å². The molecule has 7 N–H and O–H groups in total. The molecule has 2 saturated heterocycles. The first-order valence-corrected chi connectivity index (χ1v) is 13.8. The zero-order valence-electron chi connectivity index (χ0n) is 19.3. The summed E-state index contributed by atoms with van der Waals surface area (Å²) in [6.07, 6.45) is 7.52. The number of nitrogens with two attached hydrogens (primary N) is 2. The normalized spacial score (nSPS) is 35.4. The first-order valence-electron chi connectivity index (χ1n) is 12.4. The number of nitrogens with one attached hydrogen (secondary N) is 3. The molecule has 5 unspecified atom stereocenters. The Morgan fingerprint density at radius 2 is 2.06 bits per heavy atom. The van der Waals surface area contributed by atoms with E-state index in [4.69, 9.17) is 33.3 Å². The molecule has 0 bridgehead atoms. The van der Waals surface area contributed by atoms with E-state index in [9.17, 15) is 4.79 Å². The number of hydrogen-bond donors (Lipinski definition) is 5. The average molecular weight is 507 g/mol. The summed E-state index contributed by atoms with van der Waals surface area (Å²) in [5.41, 5.74) is 17.8. The Morgan fingerprint density at radius 1 is 1.26 bits per heavy atom. The van der Waals surface area contributed by atoms with Crippen molar-refractivity contribution >= 4 is 40.8 Å². The average Bonchev–Trinajstić information content (AvgIpc) is 3.54. The van der Waals surface area contributed by atoms with Gasteiger partial charge in [0.2, 0.25) is 5.91 Å². The highest BCUT2D eigenvalue weighted by Gasteiger charge is 2.41. The Bertz CT molecular complexity index is 927. The molecule has 3 heterocycles. The zero-order valence-corrected chi connectivity index (χ0v) is 20.9. The minimum atomic E-state index is -0.290. The molecule has 0 radical (unpaired) electrons. The number of carbonyl (C=O) groups excluding carboxylic acids is 1. The molecular weight excluding hydrogens is 472 g/mol. The van der Waals surface area contributed by atoms with Crippen molar-refractivity contribution in [1.29, 1.82) is 5.41 Å². The fraction of sp³-hybridized carbons (Fsp3) is 0.667. The summed E-state index contributed by atoms with van der Waals surface area (Å²) < 4.78 is 0.172. The third-order valence-corrected chi connectivity index (χ3v) is 9.60. The lowest BCUT2D eigenvalue weighted by Gasteiger charge is -2.32. The van der Waals surface area contributed by atoms with Gasteiger partial charge in [-0.05, 0) is 56.6 Å². The SMILES string of the molecule is N=C(N)c1ccc2c(c1)N(CC1CC(C3CCC(Cl)S3)ON1)C(C(=O)NC1CCC(N)CC1)C2. The van der Waals surface area contributed by atoms with E-state index in [0.717, 1.165) is 56.2 Å². The summed E-state index contributed by atoms with van der Waals surface area (Å²) in [6, 6.07) is 6.07. The van der Waals surface area contributed by atoms with Gasteiger partial charge in [0.25, 0.3) is 0 Å². The van der Waals surface area contributed by atoms with Gasteiger partial charge in [-0.3, -0.25) is 15.0 Å². The van der Waals surface area contributed by atoms with Crippen molar-refractivity contribution in [1.82, 2.24) is 10.8 Å². The Balaban J connectivity index is 1.30. The lowest BCUT2D eigenvalue weighted by atomic mass is 9.91. The maximum atomic E-state index is 13.5. The number of halogens is 1. The fourth-order valence-electron chi connectivity index (χ4n) is 5.71. The quantitative estimate of drug-likeness (QED) is 0.227. The molecule has 1 saturated carbocycles. The number of nitrogens with zero attached hydrogens (tertiary/aromatic N) is 1. The second-order valence-electron chi connectivity index (χ2n) is 10.1. The molecule has 0 spiro atoms. The van der Waals surface area contributed by atoms with Crippen LogP contribution in [-0.4, -0.2) is 58.5 Å². The molecule has 34 heavy (non-hydrogen) atoms. The molecule has 1 aromatic rings. The van der Waals surface area contributed by atoms with Crippen molar-refractivity contribution in [3.8, 4) is 0 Å². The number of hydroxylamine groups is 1. The second-order valence-corrected chi connectivity index (χ2v) is 12.4. The fourth-order valence-corrected chi connectivity index (χ4v) is 7.50.